The Bertz CT molecular complexity index is 873. The molecule has 0 bridgehead atoms. The summed E-state index contributed by atoms with van der Waals surface area (Å²) in [6, 6.07) is 4.52. The van der Waals surface area contributed by atoms with Gasteiger partial charge in [-0.2, -0.15) is 4.98 Å². The fraction of sp³-hybridized carbons (Fsp3) is 0.571. The highest BCUT2D eigenvalue weighted by Gasteiger charge is 2.44. The number of methoxy groups -OCH3 is 1. The first-order valence-corrected chi connectivity index (χ1v) is 10.1. The number of carbonyl (C=O) groups is 1. The number of rotatable bonds is 6. The van der Waals surface area contributed by atoms with Gasteiger partial charge in [-0.15, -0.1) is 0 Å². The number of nitrogens with one attached hydrogen (secondary N) is 1. The lowest BCUT2D eigenvalue weighted by atomic mass is 9.73. The van der Waals surface area contributed by atoms with Crippen molar-refractivity contribution < 1.29 is 18.4 Å². The number of hydrogen-bond acceptors (Lipinski definition) is 5. The molecule has 0 radical (unpaired) electrons. The highest BCUT2D eigenvalue weighted by molar-refractivity contribution is 5.89. The normalized spacial score (nSPS) is 18.7. The number of aromatic nitrogens is 2. The summed E-state index contributed by atoms with van der Waals surface area (Å²) < 4.78 is 24.2. The molecule has 1 aliphatic carbocycles. The summed E-state index contributed by atoms with van der Waals surface area (Å²) >= 11 is 0. The van der Waals surface area contributed by atoms with E-state index in [1.54, 1.807) is 31.1 Å². The van der Waals surface area contributed by atoms with Crippen LogP contribution in [0.15, 0.2) is 22.7 Å². The number of likely N-dealkylation sites (tertiary alicyclic amines) is 1. The third-order valence-corrected chi connectivity index (χ3v) is 6.02. The van der Waals surface area contributed by atoms with Crippen molar-refractivity contribution in [3.05, 3.63) is 41.3 Å². The van der Waals surface area contributed by atoms with E-state index in [1.807, 2.05) is 0 Å². The summed E-state index contributed by atoms with van der Waals surface area (Å²) in [7, 11) is 1.60. The lowest BCUT2D eigenvalue weighted by Crippen LogP contribution is -2.47. The summed E-state index contributed by atoms with van der Waals surface area (Å²) in [5, 5.41) is 7.04. The molecule has 0 unspecified atom stereocenters. The third-order valence-electron chi connectivity index (χ3n) is 6.02. The Labute approximate surface area is 169 Å². The van der Waals surface area contributed by atoms with E-state index in [9.17, 15) is 9.18 Å². The average molecular weight is 402 g/mol. The second kappa shape index (κ2) is 8.10. The van der Waals surface area contributed by atoms with Gasteiger partial charge in [0.1, 0.15) is 12.4 Å². The third kappa shape index (κ3) is 4.42. The standard InChI is InChI=1S/C21H27FN4O3/c1-14-3-6-16(11-17(14)22)23-20(27)26-9-7-21(8-10-26,12-15-4-5-15)19-24-18(13-28-2)29-25-19/h3,6,11,15H,4-5,7-10,12-13H2,1-2H3,(H,23,27). The number of carbonyl (C=O) groups excluding carboxylic acids is 1. The van der Waals surface area contributed by atoms with Crippen molar-refractivity contribution >= 4 is 11.7 Å². The van der Waals surface area contributed by atoms with Crippen LogP contribution in [0, 0.1) is 18.7 Å². The van der Waals surface area contributed by atoms with E-state index in [2.05, 4.69) is 15.5 Å². The predicted octanol–water partition coefficient (Wildman–Crippen LogP) is 4.03. The van der Waals surface area contributed by atoms with Crippen LogP contribution in [0.25, 0.3) is 0 Å². The van der Waals surface area contributed by atoms with E-state index in [1.165, 1.54) is 18.9 Å². The van der Waals surface area contributed by atoms with Crippen LogP contribution in [-0.4, -0.2) is 41.3 Å². The molecule has 2 aliphatic rings. The molecule has 156 valence electrons. The summed E-state index contributed by atoms with van der Waals surface area (Å²) in [4.78, 5) is 19.0. The predicted molar refractivity (Wildman–Crippen MR) is 105 cm³/mol. The number of benzene rings is 1. The molecule has 1 aromatic heterocycles. The lowest BCUT2D eigenvalue weighted by molar-refractivity contribution is 0.148. The number of anilines is 1. The zero-order chi connectivity index (χ0) is 20.4. The van der Waals surface area contributed by atoms with Crippen LogP contribution in [0.2, 0.25) is 0 Å². The van der Waals surface area contributed by atoms with E-state index in [-0.39, 0.29) is 17.3 Å². The zero-order valence-corrected chi connectivity index (χ0v) is 16.9. The Morgan fingerprint density at radius 3 is 2.79 bits per heavy atom. The number of nitrogens with zero attached hydrogens (tertiary/aromatic N) is 3. The molecule has 29 heavy (non-hydrogen) atoms. The first kappa shape index (κ1) is 19.8. The summed E-state index contributed by atoms with van der Waals surface area (Å²) in [5.74, 6) is 1.60. The number of hydrogen-bond donors (Lipinski definition) is 1. The maximum absolute atomic E-state index is 13.7. The molecule has 0 atom stereocenters. The monoisotopic (exact) mass is 402 g/mol. The molecule has 1 aliphatic heterocycles. The second-order valence-corrected chi connectivity index (χ2v) is 8.25. The van der Waals surface area contributed by atoms with Gasteiger partial charge in [0, 0.05) is 31.3 Å². The van der Waals surface area contributed by atoms with Gasteiger partial charge in [-0.1, -0.05) is 24.1 Å². The van der Waals surface area contributed by atoms with Gasteiger partial charge in [0.2, 0.25) is 0 Å². The van der Waals surface area contributed by atoms with E-state index >= 15 is 0 Å². The molecule has 2 amide bonds. The van der Waals surface area contributed by atoms with Crippen molar-refractivity contribution in [2.75, 3.05) is 25.5 Å². The number of aryl methyl sites for hydroxylation is 1. The van der Waals surface area contributed by atoms with Crippen LogP contribution in [0.3, 0.4) is 0 Å². The zero-order valence-electron chi connectivity index (χ0n) is 16.9. The van der Waals surface area contributed by atoms with E-state index < -0.39 is 0 Å². The topological polar surface area (TPSA) is 80.5 Å². The number of ether oxygens (including phenoxy) is 1. The van der Waals surface area contributed by atoms with Crippen molar-refractivity contribution in [3.63, 3.8) is 0 Å². The minimum absolute atomic E-state index is 0.163. The number of urea groups is 1. The van der Waals surface area contributed by atoms with Gasteiger partial charge in [0.25, 0.3) is 5.89 Å². The van der Waals surface area contributed by atoms with Gasteiger partial charge >= 0.3 is 6.03 Å². The smallest absolute Gasteiger partial charge is 0.321 e. The fourth-order valence-electron chi connectivity index (χ4n) is 4.06. The van der Waals surface area contributed by atoms with Crippen LogP contribution in [0.1, 0.15) is 49.4 Å². The van der Waals surface area contributed by atoms with Crippen molar-refractivity contribution in [1.29, 1.82) is 0 Å². The Morgan fingerprint density at radius 2 is 2.14 bits per heavy atom. The number of halogens is 1. The molecular formula is C21H27FN4O3. The van der Waals surface area contributed by atoms with E-state index in [4.69, 9.17) is 9.26 Å². The Kier molecular flexibility index (Phi) is 5.54. The Hall–Kier alpha value is -2.48. The molecule has 7 nitrogen and oxygen atoms in total. The van der Waals surface area contributed by atoms with E-state index in [0.717, 1.165) is 25.1 Å². The van der Waals surface area contributed by atoms with Crippen LogP contribution >= 0.6 is 0 Å². The van der Waals surface area contributed by atoms with Gasteiger partial charge < -0.3 is 19.5 Å². The van der Waals surface area contributed by atoms with E-state index in [0.29, 0.717) is 42.8 Å². The van der Waals surface area contributed by atoms with Crippen molar-refractivity contribution in [1.82, 2.24) is 15.0 Å². The SMILES string of the molecule is COCc1nc(C2(CC3CC3)CCN(C(=O)Nc3ccc(C)c(F)c3)CC2)no1. The molecule has 4 rings (SSSR count). The molecule has 2 heterocycles. The molecule has 2 aromatic rings. The molecule has 0 spiro atoms. The van der Waals surface area contributed by atoms with Gasteiger partial charge in [-0.3, -0.25) is 0 Å². The summed E-state index contributed by atoms with van der Waals surface area (Å²) in [6.45, 7) is 3.19. The number of amides is 2. The molecule has 1 N–H and O–H groups in total. The molecule has 1 saturated carbocycles. The van der Waals surface area contributed by atoms with Gasteiger partial charge in [0.05, 0.1) is 0 Å². The minimum Gasteiger partial charge on any atom is -0.375 e. The van der Waals surface area contributed by atoms with Crippen molar-refractivity contribution in [2.45, 2.75) is 51.0 Å². The quantitative estimate of drug-likeness (QED) is 0.789. The maximum atomic E-state index is 13.7. The average Bonchev–Trinajstić information content (AvgIpc) is 3.39. The van der Waals surface area contributed by atoms with Gasteiger partial charge in [-0.05, 0) is 49.8 Å². The summed E-state index contributed by atoms with van der Waals surface area (Å²) in [5.41, 5.74) is 0.859. The molecule has 8 heteroatoms. The highest BCUT2D eigenvalue weighted by atomic mass is 19.1. The lowest BCUT2D eigenvalue weighted by Gasteiger charge is -2.40. The molecule has 1 saturated heterocycles. The number of piperidine rings is 1. The van der Waals surface area contributed by atoms with Gasteiger partial charge in [-0.25, -0.2) is 9.18 Å². The largest absolute Gasteiger partial charge is 0.375 e. The Morgan fingerprint density at radius 1 is 1.38 bits per heavy atom. The van der Waals surface area contributed by atoms with Gasteiger partial charge in [0.15, 0.2) is 5.82 Å². The van der Waals surface area contributed by atoms with Crippen molar-refractivity contribution in [3.8, 4) is 0 Å². The molecule has 2 fully saturated rings. The van der Waals surface area contributed by atoms with Crippen molar-refractivity contribution in [2.24, 2.45) is 5.92 Å². The summed E-state index contributed by atoms with van der Waals surface area (Å²) in [6.07, 6.45) is 5.08. The second-order valence-electron chi connectivity index (χ2n) is 8.25. The maximum Gasteiger partial charge on any atom is 0.321 e. The highest BCUT2D eigenvalue weighted by Crippen LogP contribution is 2.46. The molecular weight excluding hydrogens is 375 g/mol. The first-order chi connectivity index (χ1) is 14.0. The van der Waals surface area contributed by atoms with Crippen LogP contribution in [-0.2, 0) is 16.8 Å². The Balaban J connectivity index is 1.43. The van der Waals surface area contributed by atoms with Crippen LogP contribution in [0.4, 0.5) is 14.9 Å². The van der Waals surface area contributed by atoms with Crippen LogP contribution in [0.5, 0.6) is 0 Å². The first-order valence-electron chi connectivity index (χ1n) is 10.1. The minimum atomic E-state index is -0.325. The van der Waals surface area contributed by atoms with Crippen LogP contribution < -0.4 is 5.32 Å². The molecule has 1 aromatic carbocycles. The fourth-order valence-corrected chi connectivity index (χ4v) is 4.06.